The van der Waals surface area contributed by atoms with Gasteiger partial charge in [-0.15, -0.1) is 0 Å². The summed E-state index contributed by atoms with van der Waals surface area (Å²) in [6.45, 7) is -1.01. The third-order valence-electron chi connectivity index (χ3n) is 6.97. The summed E-state index contributed by atoms with van der Waals surface area (Å²) >= 11 is 0. The Hall–Kier alpha value is -4.05. The van der Waals surface area contributed by atoms with Gasteiger partial charge in [0, 0.05) is 39.3 Å². The lowest BCUT2D eigenvalue weighted by atomic mass is 9.85. The summed E-state index contributed by atoms with van der Waals surface area (Å²) in [4.78, 5) is 14.0. The molecule has 1 unspecified atom stereocenters. The highest BCUT2D eigenvalue weighted by Crippen LogP contribution is 2.51. The molecule has 3 aromatic carbocycles. The summed E-state index contributed by atoms with van der Waals surface area (Å²) in [5.41, 5.74) is 3.90. The van der Waals surface area contributed by atoms with Crippen LogP contribution in [-0.2, 0) is 19.8 Å². The first-order chi connectivity index (χ1) is 18.5. The summed E-state index contributed by atoms with van der Waals surface area (Å²) in [6, 6.07) is 10.6. The van der Waals surface area contributed by atoms with Crippen LogP contribution in [0.5, 0.6) is 28.7 Å². The number of aliphatic hydroxyl groups is 3. The lowest BCUT2D eigenvalue weighted by Gasteiger charge is -2.22. The van der Waals surface area contributed by atoms with Crippen LogP contribution in [0.1, 0.15) is 49.7 Å². The van der Waals surface area contributed by atoms with Gasteiger partial charge in [0.2, 0.25) is 6.79 Å². The molecule has 38 heavy (non-hydrogen) atoms. The van der Waals surface area contributed by atoms with Crippen molar-refractivity contribution in [1.82, 2.24) is 0 Å². The highest BCUT2D eigenvalue weighted by molar-refractivity contribution is 6.18. The molecule has 1 atom stereocenters. The molecule has 1 aliphatic carbocycles. The Bertz CT molecular complexity index is 1420. The van der Waals surface area contributed by atoms with E-state index in [-0.39, 0.29) is 25.8 Å². The van der Waals surface area contributed by atoms with E-state index in [0.717, 1.165) is 0 Å². The molecule has 0 spiro atoms. The van der Waals surface area contributed by atoms with E-state index < -0.39 is 12.5 Å². The number of ketones is 1. The van der Waals surface area contributed by atoms with Gasteiger partial charge in [0.25, 0.3) is 0 Å². The van der Waals surface area contributed by atoms with Crippen LogP contribution in [0.4, 0.5) is 0 Å². The van der Waals surface area contributed by atoms with Gasteiger partial charge in [-0.25, -0.2) is 0 Å². The zero-order valence-electron chi connectivity index (χ0n) is 21.2. The number of carbonyl (C=O) groups is 1. The standard InChI is InChI=1S/C29H28O9/c1-34-23-10-16(7-18(12-31)27(23)35-2)24-19(8-15-5-4-6-22-28(15)38-14-37-22)26(33)20-9-17(11-30)21(13-32)29(36-3)25(20)24/h4-10,24,30-32H,11-14H2,1-3H3. The molecule has 3 aromatic rings. The van der Waals surface area contributed by atoms with Gasteiger partial charge in [-0.05, 0) is 41.5 Å². The summed E-state index contributed by atoms with van der Waals surface area (Å²) in [5, 5.41) is 30.3. The van der Waals surface area contributed by atoms with Crippen LogP contribution in [0, 0.1) is 0 Å². The topological polar surface area (TPSA) is 124 Å². The van der Waals surface area contributed by atoms with E-state index in [0.29, 0.717) is 73.3 Å². The molecule has 9 nitrogen and oxygen atoms in total. The Labute approximate surface area is 219 Å². The number of ether oxygens (including phenoxy) is 5. The molecule has 0 amide bonds. The molecule has 0 fully saturated rings. The van der Waals surface area contributed by atoms with Gasteiger partial charge in [-0.1, -0.05) is 12.1 Å². The molecule has 9 heteroatoms. The molecule has 1 heterocycles. The molecule has 2 aliphatic rings. The predicted molar refractivity (Wildman–Crippen MR) is 137 cm³/mol. The molecule has 0 saturated carbocycles. The van der Waals surface area contributed by atoms with Gasteiger partial charge < -0.3 is 39.0 Å². The van der Waals surface area contributed by atoms with E-state index >= 15 is 0 Å². The number of para-hydroxylation sites is 1. The van der Waals surface area contributed by atoms with Gasteiger partial charge in [-0.3, -0.25) is 4.79 Å². The molecule has 0 radical (unpaired) electrons. The van der Waals surface area contributed by atoms with Crippen molar-refractivity contribution in [3.63, 3.8) is 0 Å². The van der Waals surface area contributed by atoms with Crippen LogP contribution >= 0.6 is 0 Å². The summed E-state index contributed by atoms with van der Waals surface area (Å²) in [6.07, 6.45) is 1.76. The number of fused-ring (bicyclic) bond motifs is 2. The Balaban J connectivity index is 1.83. The largest absolute Gasteiger partial charge is 0.496 e. The first kappa shape index (κ1) is 25.6. The second kappa shape index (κ2) is 10.4. The van der Waals surface area contributed by atoms with Gasteiger partial charge in [0.05, 0.1) is 41.2 Å². The molecular formula is C29H28O9. The van der Waals surface area contributed by atoms with Crippen molar-refractivity contribution in [2.24, 2.45) is 0 Å². The maximum absolute atomic E-state index is 14.0. The zero-order chi connectivity index (χ0) is 27.0. The number of benzene rings is 3. The molecular weight excluding hydrogens is 492 g/mol. The van der Waals surface area contributed by atoms with E-state index in [9.17, 15) is 20.1 Å². The van der Waals surface area contributed by atoms with Gasteiger partial charge >= 0.3 is 0 Å². The second-order valence-corrected chi connectivity index (χ2v) is 8.84. The smallest absolute Gasteiger partial charge is 0.231 e. The fourth-order valence-corrected chi connectivity index (χ4v) is 5.31. The van der Waals surface area contributed by atoms with Crippen LogP contribution in [0.3, 0.4) is 0 Å². The first-order valence-corrected chi connectivity index (χ1v) is 12.0. The van der Waals surface area contributed by atoms with Crippen LogP contribution in [0.15, 0.2) is 42.0 Å². The lowest BCUT2D eigenvalue weighted by Crippen LogP contribution is -2.08. The second-order valence-electron chi connectivity index (χ2n) is 8.84. The minimum absolute atomic E-state index is 0.0796. The number of rotatable bonds is 8. The lowest BCUT2D eigenvalue weighted by molar-refractivity contribution is 0.103. The summed E-state index contributed by atoms with van der Waals surface area (Å²) < 4.78 is 28.0. The molecule has 198 valence electrons. The van der Waals surface area contributed by atoms with E-state index in [1.165, 1.54) is 21.3 Å². The molecule has 3 N–H and O–H groups in total. The van der Waals surface area contributed by atoms with E-state index in [2.05, 4.69) is 0 Å². The van der Waals surface area contributed by atoms with Gasteiger partial charge in [0.15, 0.2) is 28.8 Å². The predicted octanol–water partition coefficient (Wildman–Crippen LogP) is 3.33. The Morgan fingerprint density at radius 2 is 1.68 bits per heavy atom. The fraction of sp³-hybridized carbons (Fsp3) is 0.276. The first-order valence-electron chi connectivity index (χ1n) is 12.0. The SMILES string of the molecule is COc1cc(C2C(=Cc3cccc4c3OCO4)C(=O)c3cc(CO)c(CO)c(OC)c32)cc(CO)c1OC. The Kier molecular flexibility index (Phi) is 6.98. The molecule has 5 rings (SSSR count). The Morgan fingerprint density at radius 3 is 2.34 bits per heavy atom. The number of Topliss-reactive ketones (excluding diaryl/α,β-unsaturated/α-hetero) is 1. The van der Waals surface area contributed by atoms with Crippen molar-refractivity contribution in [2.75, 3.05) is 28.1 Å². The summed E-state index contributed by atoms with van der Waals surface area (Å²) in [7, 11) is 4.44. The van der Waals surface area contributed by atoms with Crippen molar-refractivity contribution >= 4 is 11.9 Å². The van der Waals surface area contributed by atoms with E-state index in [1.54, 1.807) is 30.3 Å². The number of aliphatic hydroxyl groups excluding tert-OH is 3. The highest BCUT2D eigenvalue weighted by Gasteiger charge is 2.41. The average Bonchev–Trinajstić information content (AvgIpc) is 3.54. The minimum Gasteiger partial charge on any atom is -0.496 e. The zero-order valence-corrected chi connectivity index (χ0v) is 21.2. The minimum atomic E-state index is -0.659. The third-order valence-corrected chi connectivity index (χ3v) is 6.97. The van der Waals surface area contributed by atoms with Crippen LogP contribution in [-0.4, -0.2) is 49.2 Å². The van der Waals surface area contributed by atoms with Crippen LogP contribution < -0.4 is 23.7 Å². The average molecular weight is 521 g/mol. The van der Waals surface area contributed by atoms with Crippen molar-refractivity contribution in [1.29, 1.82) is 0 Å². The van der Waals surface area contributed by atoms with Crippen molar-refractivity contribution in [2.45, 2.75) is 25.7 Å². The summed E-state index contributed by atoms with van der Waals surface area (Å²) in [5.74, 6) is 1.28. The van der Waals surface area contributed by atoms with Gasteiger partial charge in [-0.2, -0.15) is 0 Å². The number of hydrogen-bond donors (Lipinski definition) is 3. The third kappa shape index (κ3) is 3.96. The maximum atomic E-state index is 14.0. The van der Waals surface area contributed by atoms with Gasteiger partial charge in [0.1, 0.15) is 5.75 Å². The maximum Gasteiger partial charge on any atom is 0.231 e. The fourth-order valence-electron chi connectivity index (χ4n) is 5.31. The molecule has 0 saturated heterocycles. The monoisotopic (exact) mass is 520 g/mol. The van der Waals surface area contributed by atoms with E-state index in [1.807, 2.05) is 12.1 Å². The van der Waals surface area contributed by atoms with Crippen LogP contribution in [0.25, 0.3) is 6.08 Å². The van der Waals surface area contributed by atoms with Crippen molar-refractivity contribution < 1.29 is 43.8 Å². The number of methoxy groups -OCH3 is 3. The number of allylic oxidation sites excluding steroid dienone is 1. The normalized spacial score (nSPS) is 16.6. The van der Waals surface area contributed by atoms with E-state index in [4.69, 9.17) is 23.7 Å². The number of hydrogen-bond acceptors (Lipinski definition) is 9. The number of carbonyl (C=O) groups excluding carboxylic acids is 1. The quantitative estimate of drug-likeness (QED) is 0.384. The van der Waals surface area contributed by atoms with Crippen LogP contribution in [0.2, 0.25) is 0 Å². The highest BCUT2D eigenvalue weighted by atomic mass is 16.7. The molecule has 0 bridgehead atoms. The van der Waals surface area contributed by atoms with Crippen molar-refractivity contribution in [3.8, 4) is 28.7 Å². The Morgan fingerprint density at radius 1 is 0.921 bits per heavy atom. The molecule has 1 aliphatic heterocycles. The molecule has 0 aromatic heterocycles. The van der Waals surface area contributed by atoms with Crippen molar-refractivity contribution in [3.05, 3.63) is 80.9 Å².